The zero-order valence-corrected chi connectivity index (χ0v) is 23.5. The van der Waals surface area contributed by atoms with Crippen molar-refractivity contribution >= 4 is 46.6 Å². The topological polar surface area (TPSA) is 150 Å². The van der Waals surface area contributed by atoms with E-state index in [-0.39, 0.29) is 30.7 Å². The standard InChI is InChI=1S/C25H19ClN6O3S.C2HF3O2/c1-13-23(36-31-29-13)25(34)32-11-19-22(20(33)12-32)21(18-10-27-30-24(18)28-19)14-3-2-4-17(9-14)35-16-7-5-15(26)6-8-16;3-2(4,5)1(6)7/h2-10,21H,11-12H2,1H3,(H2,27,28,30);(H,6,7). The van der Waals surface area contributed by atoms with E-state index in [2.05, 4.69) is 25.1 Å². The lowest BCUT2D eigenvalue weighted by molar-refractivity contribution is -0.192. The lowest BCUT2D eigenvalue weighted by atomic mass is 9.79. The van der Waals surface area contributed by atoms with Gasteiger partial charge in [0.2, 0.25) is 0 Å². The minimum Gasteiger partial charge on any atom is -0.475 e. The predicted octanol–water partition coefficient (Wildman–Crippen LogP) is 5.19. The zero-order valence-electron chi connectivity index (χ0n) is 22.0. The molecule has 4 heterocycles. The number of hydrogen-bond acceptors (Lipinski definition) is 9. The number of benzene rings is 2. The first-order valence-electron chi connectivity index (χ1n) is 12.4. The molecule has 2 aromatic heterocycles. The summed E-state index contributed by atoms with van der Waals surface area (Å²) in [7, 11) is 0. The number of nitrogens with zero attached hydrogens (tertiary/aromatic N) is 4. The number of aliphatic carboxylic acids is 1. The third-order valence-electron chi connectivity index (χ3n) is 6.47. The van der Waals surface area contributed by atoms with E-state index in [9.17, 15) is 22.8 Å². The van der Waals surface area contributed by atoms with Gasteiger partial charge in [-0.15, -0.1) is 5.10 Å². The minimum absolute atomic E-state index is 0.0265. The molecule has 1 atom stereocenters. The summed E-state index contributed by atoms with van der Waals surface area (Å²) in [6, 6.07) is 14.8. The van der Waals surface area contributed by atoms with E-state index in [1.807, 2.05) is 24.3 Å². The SMILES string of the molecule is Cc1nnsc1C(=O)N1CC(=O)C2=C(C1)Nc1[nH]ncc1C2c1cccc(Oc2ccc(Cl)cc2)c1.O=C(O)C(F)(F)F. The molecule has 2 aliphatic rings. The number of carboxylic acids is 1. The Morgan fingerprint density at radius 3 is 2.51 bits per heavy atom. The van der Waals surface area contributed by atoms with Crippen LogP contribution >= 0.6 is 23.1 Å². The number of halogens is 4. The van der Waals surface area contributed by atoms with Gasteiger partial charge in [-0.2, -0.15) is 18.3 Å². The van der Waals surface area contributed by atoms with Gasteiger partial charge in [0.05, 0.1) is 25.0 Å². The molecular formula is C27H20ClF3N6O5S. The van der Waals surface area contributed by atoms with Crippen LogP contribution in [-0.2, 0) is 9.59 Å². The maximum absolute atomic E-state index is 13.5. The molecule has 0 aliphatic carbocycles. The van der Waals surface area contributed by atoms with Crippen LogP contribution in [0, 0.1) is 6.92 Å². The minimum atomic E-state index is -5.08. The maximum Gasteiger partial charge on any atom is 0.490 e. The van der Waals surface area contributed by atoms with Gasteiger partial charge in [0, 0.05) is 27.8 Å². The van der Waals surface area contributed by atoms with Gasteiger partial charge in [-0.25, -0.2) is 4.79 Å². The van der Waals surface area contributed by atoms with Gasteiger partial charge in [-0.1, -0.05) is 28.2 Å². The quantitative estimate of drug-likeness (QED) is 0.276. The third kappa shape index (κ3) is 6.36. The van der Waals surface area contributed by atoms with Crippen LogP contribution in [0.2, 0.25) is 5.02 Å². The van der Waals surface area contributed by atoms with E-state index in [4.69, 9.17) is 26.2 Å². The lowest BCUT2D eigenvalue weighted by Crippen LogP contribution is -2.45. The summed E-state index contributed by atoms with van der Waals surface area (Å²) in [4.78, 5) is 37.5. The fraction of sp³-hybridized carbons (Fsp3) is 0.185. The number of aromatic amines is 1. The number of ether oxygens (including phenoxy) is 1. The molecule has 1 unspecified atom stereocenters. The van der Waals surface area contributed by atoms with Gasteiger partial charge >= 0.3 is 12.1 Å². The number of aryl methyl sites for hydroxylation is 1. The van der Waals surface area contributed by atoms with Crippen LogP contribution < -0.4 is 10.1 Å². The maximum atomic E-state index is 13.5. The second-order valence-corrected chi connectivity index (χ2v) is 10.5. The average Bonchev–Trinajstić information content (AvgIpc) is 3.61. The first-order valence-corrected chi connectivity index (χ1v) is 13.6. The highest BCUT2D eigenvalue weighted by Crippen LogP contribution is 2.43. The van der Waals surface area contributed by atoms with Gasteiger partial charge in [0.15, 0.2) is 5.78 Å². The fourth-order valence-corrected chi connectivity index (χ4v) is 5.33. The van der Waals surface area contributed by atoms with Crippen LogP contribution in [0.3, 0.4) is 0 Å². The van der Waals surface area contributed by atoms with Crippen molar-refractivity contribution in [2.45, 2.75) is 19.0 Å². The number of ketones is 1. The van der Waals surface area contributed by atoms with Crippen molar-refractivity contribution in [2.75, 3.05) is 18.4 Å². The highest BCUT2D eigenvalue weighted by atomic mass is 35.5. The Balaban J connectivity index is 0.000000472. The highest BCUT2D eigenvalue weighted by Gasteiger charge is 2.40. The summed E-state index contributed by atoms with van der Waals surface area (Å²) in [5.74, 6) is -1.52. The number of aromatic nitrogens is 4. The number of carbonyl (C=O) groups is 3. The highest BCUT2D eigenvalue weighted by molar-refractivity contribution is 7.08. The summed E-state index contributed by atoms with van der Waals surface area (Å²) in [5, 5.41) is 22.1. The van der Waals surface area contributed by atoms with E-state index < -0.39 is 12.1 Å². The number of anilines is 1. The van der Waals surface area contributed by atoms with Crippen LogP contribution in [0.25, 0.3) is 0 Å². The Labute approximate surface area is 250 Å². The molecule has 11 nitrogen and oxygen atoms in total. The Hall–Kier alpha value is -4.76. The summed E-state index contributed by atoms with van der Waals surface area (Å²) in [5.41, 5.74) is 3.58. The van der Waals surface area contributed by atoms with Crippen molar-refractivity contribution in [3.8, 4) is 11.5 Å². The van der Waals surface area contributed by atoms with Gasteiger partial charge < -0.3 is 20.1 Å². The third-order valence-corrected chi connectivity index (χ3v) is 7.54. The van der Waals surface area contributed by atoms with Gasteiger partial charge in [-0.05, 0) is 60.4 Å². The molecule has 0 fully saturated rings. The van der Waals surface area contributed by atoms with Crippen LogP contribution in [0.5, 0.6) is 11.5 Å². The molecule has 4 aromatic rings. The summed E-state index contributed by atoms with van der Waals surface area (Å²) in [6.45, 7) is 1.96. The number of nitrogens with one attached hydrogen (secondary N) is 2. The van der Waals surface area contributed by atoms with E-state index >= 15 is 0 Å². The largest absolute Gasteiger partial charge is 0.490 e. The molecule has 43 heavy (non-hydrogen) atoms. The Kier molecular flexibility index (Phi) is 8.19. The molecule has 16 heteroatoms. The van der Waals surface area contributed by atoms with E-state index in [0.717, 1.165) is 22.7 Å². The second kappa shape index (κ2) is 11.9. The van der Waals surface area contributed by atoms with Crippen LogP contribution in [0.1, 0.15) is 32.4 Å². The summed E-state index contributed by atoms with van der Waals surface area (Å²) >= 11 is 7.02. The van der Waals surface area contributed by atoms with Crippen LogP contribution in [0.4, 0.5) is 19.0 Å². The molecule has 2 aliphatic heterocycles. The second-order valence-electron chi connectivity index (χ2n) is 9.35. The van der Waals surface area contributed by atoms with Crippen molar-refractivity contribution in [3.05, 3.63) is 92.7 Å². The number of carbonyl (C=O) groups excluding carboxylic acids is 2. The number of carboxylic acid groups (broad SMARTS) is 1. The van der Waals surface area contributed by atoms with Gasteiger partial charge in [0.25, 0.3) is 5.91 Å². The molecule has 0 saturated carbocycles. The monoisotopic (exact) mass is 632 g/mol. The molecule has 222 valence electrons. The molecule has 2 aromatic carbocycles. The van der Waals surface area contributed by atoms with Crippen molar-refractivity contribution in [1.29, 1.82) is 0 Å². The summed E-state index contributed by atoms with van der Waals surface area (Å²) in [6.07, 6.45) is -3.36. The molecule has 0 saturated heterocycles. The molecule has 6 rings (SSSR count). The number of H-pyrrole nitrogens is 1. The van der Waals surface area contributed by atoms with Crippen LogP contribution in [0.15, 0.2) is 66.0 Å². The molecule has 0 spiro atoms. The van der Waals surface area contributed by atoms with Crippen molar-refractivity contribution in [1.82, 2.24) is 24.7 Å². The normalized spacial score (nSPS) is 16.0. The Morgan fingerprint density at radius 2 is 1.86 bits per heavy atom. The number of rotatable bonds is 4. The number of amides is 1. The van der Waals surface area contributed by atoms with Crippen molar-refractivity contribution in [2.24, 2.45) is 0 Å². The van der Waals surface area contributed by atoms with E-state index in [0.29, 0.717) is 44.2 Å². The molecule has 0 bridgehead atoms. The lowest BCUT2D eigenvalue weighted by Gasteiger charge is -2.36. The number of Topliss-reactive ketones (excluding diaryl/α,β-unsaturated/α-hetero) is 1. The van der Waals surface area contributed by atoms with Crippen LogP contribution in [-0.4, -0.2) is 66.7 Å². The van der Waals surface area contributed by atoms with E-state index in [1.54, 1.807) is 37.4 Å². The summed E-state index contributed by atoms with van der Waals surface area (Å²) < 4.78 is 41.6. The number of alkyl halides is 3. The number of hydrogen-bond donors (Lipinski definition) is 3. The fourth-order valence-electron chi connectivity index (χ4n) is 4.58. The first-order chi connectivity index (χ1) is 20.4. The molecular weight excluding hydrogens is 613 g/mol. The smallest absolute Gasteiger partial charge is 0.475 e. The Morgan fingerprint density at radius 1 is 1.14 bits per heavy atom. The molecule has 3 N–H and O–H groups in total. The molecule has 0 radical (unpaired) electrons. The average molecular weight is 633 g/mol. The van der Waals surface area contributed by atoms with Crippen molar-refractivity contribution < 1.29 is 37.4 Å². The van der Waals surface area contributed by atoms with Crippen molar-refractivity contribution in [3.63, 3.8) is 0 Å². The number of fused-ring (bicyclic) bond motifs is 1. The molecule has 1 amide bonds. The van der Waals surface area contributed by atoms with Gasteiger partial charge in [0.1, 0.15) is 22.2 Å². The zero-order chi connectivity index (χ0) is 30.9. The van der Waals surface area contributed by atoms with E-state index in [1.165, 1.54) is 4.90 Å². The predicted molar refractivity (Wildman–Crippen MR) is 148 cm³/mol. The Bertz CT molecular complexity index is 1740. The van der Waals surface area contributed by atoms with Gasteiger partial charge in [-0.3, -0.25) is 14.7 Å². The first kappa shape index (κ1) is 29.7.